The Morgan fingerprint density at radius 1 is 0.599 bits per heavy atom. The number of aryl methyl sites for hydroxylation is 1. The van der Waals surface area contributed by atoms with Gasteiger partial charge in [0.05, 0.1) is 31.4 Å². The molecule has 17 amide bonds. The van der Waals surface area contributed by atoms with E-state index in [2.05, 4.69) is 63.5 Å². The molecule has 6 aromatic rings. The van der Waals surface area contributed by atoms with Crippen LogP contribution in [0.1, 0.15) is 114 Å². The summed E-state index contributed by atoms with van der Waals surface area (Å²) in [6.45, 7) is 4.59. The lowest BCUT2D eigenvalue weighted by atomic mass is 10.0. The van der Waals surface area contributed by atoms with E-state index < -0.39 is 254 Å². The Morgan fingerprint density at radius 2 is 1.20 bits per heavy atom. The van der Waals surface area contributed by atoms with Crippen LogP contribution in [0.5, 0.6) is 11.5 Å². The van der Waals surface area contributed by atoms with Crippen molar-refractivity contribution in [3.05, 3.63) is 131 Å². The average Bonchev–Trinajstić information content (AvgIpc) is 1.80. The van der Waals surface area contributed by atoms with Gasteiger partial charge in [0.15, 0.2) is 5.96 Å². The molecule has 0 bridgehead atoms. The molecule has 9 rings (SSSR count). The summed E-state index contributed by atoms with van der Waals surface area (Å²) in [6, 6.07) is 3.86. The van der Waals surface area contributed by atoms with Gasteiger partial charge in [-0.25, -0.2) is 0 Å². The Kier molecular flexibility index (Phi) is 39.8. The first-order chi connectivity index (χ1) is 65.2. The summed E-state index contributed by atoms with van der Waals surface area (Å²) in [6.07, 6.45) is -1.44. The highest BCUT2D eigenvalue weighted by Gasteiger charge is 2.47. The molecule has 3 aliphatic rings. The van der Waals surface area contributed by atoms with E-state index >= 15 is 38.4 Å². The van der Waals surface area contributed by atoms with Gasteiger partial charge in [-0.3, -0.25) is 86.9 Å². The number of nitrogens with one attached hydrogen (secondary N) is 13. The number of thiophene rings is 1. The second-order valence-corrected chi connectivity index (χ2v) is 36.8. The van der Waals surface area contributed by atoms with Crippen molar-refractivity contribution in [2.24, 2.45) is 28.9 Å². The summed E-state index contributed by atoms with van der Waals surface area (Å²) in [4.78, 5) is 258. The number of likely N-dealkylation sites (N-methyl/N-ethyl adjacent to an activating group) is 3. The number of guanidine groups is 1. The molecule has 0 aliphatic carbocycles. The number of fused-ring (bicyclic) bond motifs is 4. The largest absolute Gasteiger partial charge is 0.508 e. The number of benzene rings is 4. The van der Waals surface area contributed by atoms with E-state index in [4.69, 9.17) is 33.1 Å². The zero-order valence-corrected chi connectivity index (χ0v) is 79.4. The highest BCUT2D eigenvalue weighted by atomic mass is 32.2. The number of H-pyrrole nitrogens is 1. The number of aliphatic hydroxyl groups excluding tert-OH is 2. The van der Waals surface area contributed by atoms with Gasteiger partial charge in [0, 0.05) is 101 Å². The third-order valence-electron chi connectivity index (χ3n) is 24.0. The highest BCUT2D eigenvalue weighted by molar-refractivity contribution is 8.00. The van der Waals surface area contributed by atoms with Gasteiger partial charge in [0.1, 0.15) is 103 Å². The average molecular weight is 1940 g/mol. The topological polar surface area (TPSA) is 652 Å². The maximum absolute atomic E-state index is 15.9. The van der Waals surface area contributed by atoms with Crippen LogP contribution in [0, 0.1) is 18.3 Å². The lowest BCUT2D eigenvalue weighted by Crippen LogP contribution is -2.62. The Bertz CT molecular complexity index is 5350. The lowest BCUT2D eigenvalue weighted by Gasteiger charge is -2.36. The predicted molar refractivity (Wildman–Crippen MR) is 507 cm³/mol. The maximum atomic E-state index is 15.9. The smallest absolute Gasteiger partial charge is 0.246 e. The number of primary amides is 2. The van der Waals surface area contributed by atoms with Gasteiger partial charge in [-0.05, 0) is 128 Å². The van der Waals surface area contributed by atoms with Crippen molar-refractivity contribution in [1.82, 2.24) is 88.0 Å². The molecule has 4 aromatic carbocycles. The first-order valence-corrected chi connectivity index (χ1v) is 47.3. The molecule has 5 heterocycles. The molecular weight excluding hydrogens is 1810 g/mol. The van der Waals surface area contributed by atoms with E-state index in [1.54, 1.807) is 99.1 Å². The Labute approximate surface area is 799 Å². The Hall–Kier alpha value is -13.5. The molecule has 0 radical (unpaired) electrons. The van der Waals surface area contributed by atoms with Gasteiger partial charge < -0.3 is 131 Å². The van der Waals surface area contributed by atoms with Crippen LogP contribution in [0.4, 0.5) is 0 Å². The number of para-hydroxylation sites is 1. The molecule has 3 aliphatic heterocycles. The monoisotopic (exact) mass is 1940 g/mol. The number of carbonyl (C=O) groups is 17. The molecule has 15 atom stereocenters. The fourth-order valence-corrected chi connectivity index (χ4v) is 18.3. The van der Waals surface area contributed by atoms with Gasteiger partial charge in [-0.2, -0.15) is 0 Å². The number of amides is 17. The summed E-state index contributed by atoms with van der Waals surface area (Å²) in [5, 5.41) is 72.5. The second-order valence-electron chi connectivity index (χ2n) is 34.8. The molecule has 0 saturated carbocycles. The maximum Gasteiger partial charge on any atom is 0.246 e. The highest BCUT2D eigenvalue weighted by Crippen LogP contribution is 2.30. The molecule has 43 nitrogen and oxygen atoms in total. The zero-order valence-electron chi connectivity index (χ0n) is 77.7. The number of thioether (sulfide) groups is 1. The molecule has 1 unspecified atom stereocenters. The van der Waals surface area contributed by atoms with Crippen molar-refractivity contribution >= 4 is 150 Å². The van der Waals surface area contributed by atoms with Crippen LogP contribution in [-0.2, 0) is 101 Å². The number of phenolic OH excluding ortho intramolecular Hbond substituents is 1. The standard InChI is InChI=1S/C92H126N22O21S2/c1-9-10-24-71-91(134)112(8)73(45-135-57-19-15-18-50(4)34-57)86(129)102-61(23-16-31-98-92(96)97)80(123)109-69(79(122)100-42-76(95)119)47-136-48-77(120)101-64(35-52-27-29-55(116)30-28-52)87(130)110(6)51(5)78(121)104-66(39-75(94)118)89(132)113-32-17-25-70(113)84(127)107-67(40-93)82(125)105-63(33-49(2)3)90(133)114-43-56(117)38-72(114)85(128)103-62(36-53-41-99-60-22-13-11-20-58(53)60)81(124)108-68(44-115)83(126)106-65(88(131)111(71)7)37-54-46-137-74-26-14-12-21-59(54)74/h11-15,18-22,26-30,34,41,46,49,51,56,61-73,99,115-117H,9-10,16-17,23-25,31-33,35-40,42-45,47-48,93H2,1-8H3,(H2,94,118)(H2,95,119)(H,100,122)(H,101,120)(H,102,129)(H,103,128)(H,104,121)(H,105,125)(H,106,126)(H,107,127)(H,108,124)(H,109,123)(H4,96,97,98)/t51-,56+,61-,62-,63-,64-,65-,66?,67-,68-,69-,70-,71-,72-,73-/m0/s1. The number of rotatable bonds is 25. The van der Waals surface area contributed by atoms with Crippen molar-refractivity contribution < 1.29 is 102 Å². The number of unbranched alkanes of at least 4 members (excludes halogenated alkanes) is 1. The predicted octanol–water partition coefficient (Wildman–Crippen LogP) is -3.01. The number of aliphatic hydroxyl groups is 2. The van der Waals surface area contributed by atoms with Crippen LogP contribution in [0.15, 0.2) is 109 Å². The van der Waals surface area contributed by atoms with Crippen molar-refractivity contribution in [2.75, 3.05) is 78.6 Å². The first kappa shape index (κ1) is 107. The number of aromatic hydroxyl groups is 1. The number of carbonyl (C=O) groups excluding carboxylic acids is 17. The molecule has 742 valence electrons. The SMILES string of the molecule is CCCC[C@H]1C(=O)N(C)[C@@H](COc2cccc(C)c2)C(=O)N[C@@H](CCCNC(=N)N)C(=O)N[C@H](C(=O)NCC(N)=O)CSCC(=O)N[C@@H](Cc2ccc(O)cc2)C(=O)N(C)[C@@H](C)C(=O)NC(CC(N)=O)C(=O)N2CCC[C@H]2C(=O)N[C@@H](CN)C(=O)N[C@@H](CC(C)C)C(=O)N2C[C@H](O)C[C@H]2C(=O)N[C@@H](Cc2c[nH]c3ccccc23)C(=O)N[C@@H](CO)C(=O)N[C@@H](Cc2csc3ccccc23)C(=O)N1C. The number of nitrogens with two attached hydrogens (primary N) is 4. The van der Waals surface area contributed by atoms with E-state index in [1.807, 2.05) is 13.0 Å². The van der Waals surface area contributed by atoms with Gasteiger partial charge in [-0.15, -0.1) is 23.1 Å². The van der Waals surface area contributed by atoms with Crippen LogP contribution in [0.2, 0.25) is 0 Å². The number of hydrogen-bond donors (Lipinski definition) is 20. The third-order valence-corrected chi connectivity index (χ3v) is 26.1. The summed E-state index contributed by atoms with van der Waals surface area (Å²) in [7, 11) is 3.79. The minimum Gasteiger partial charge on any atom is -0.508 e. The minimum absolute atomic E-state index is 0.0144. The van der Waals surface area contributed by atoms with E-state index in [9.17, 15) is 58.5 Å². The lowest BCUT2D eigenvalue weighted by molar-refractivity contribution is -0.150. The number of nitrogens with zero attached hydrogens (tertiary/aromatic N) is 5. The van der Waals surface area contributed by atoms with E-state index in [0.717, 1.165) is 46.5 Å². The van der Waals surface area contributed by atoms with E-state index in [0.29, 0.717) is 39.4 Å². The zero-order chi connectivity index (χ0) is 100. The summed E-state index contributed by atoms with van der Waals surface area (Å²) < 4.78 is 7.07. The Balaban J connectivity index is 1.11. The molecule has 137 heavy (non-hydrogen) atoms. The Morgan fingerprint density at radius 3 is 1.88 bits per heavy atom. The van der Waals surface area contributed by atoms with E-state index in [1.165, 1.54) is 63.7 Å². The minimum atomic E-state index is -1.91. The molecule has 3 fully saturated rings. The summed E-state index contributed by atoms with van der Waals surface area (Å²) in [5.74, 6) is -18.5. The van der Waals surface area contributed by atoms with Crippen LogP contribution in [-0.4, -0.2) is 320 Å². The van der Waals surface area contributed by atoms with Gasteiger partial charge in [0.25, 0.3) is 0 Å². The quantitative estimate of drug-likeness (QED) is 0.0154. The van der Waals surface area contributed by atoms with Crippen molar-refractivity contribution in [1.29, 1.82) is 5.41 Å². The number of aromatic amines is 1. The van der Waals surface area contributed by atoms with Crippen LogP contribution < -0.4 is 86.2 Å². The van der Waals surface area contributed by atoms with Crippen molar-refractivity contribution in [3.8, 4) is 11.5 Å². The van der Waals surface area contributed by atoms with Crippen molar-refractivity contribution in [3.63, 3.8) is 0 Å². The second kappa shape index (κ2) is 50.9. The first-order valence-electron chi connectivity index (χ1n) is 45.3. The van der Waals surface area contributed by atoms with Gasteiger partial charge in [0.2, 0.25) is 100 Å². The number of ether oxygens (including phenoxy) is 1. The number of phenols is 1. The summed E-state index contributed by atoms with van der Waals surface area (Å²) >= 11 is 2.07. The normalized spacial score (nSPS) is 24.5. The fraction of sp³-hybridized carbons (Fsp3) is 0.500. The molecular formula is C92H126N22O21S2. The molecule has 45 heteroatoms. The van der Waals surface area contributed by atoms with Crippen LogP contribution in [0.25, 0.3) is 21.0 Å². The van der Waals surface area contributed by atoms with Crippen molar-refractivity contribution in [2.45, 2.75) is 209 Å². The molecule has 3 saturated heterocycles. The third kappa shape index (κ3) is 30.0. The van der Waals surface area contributed by atoms with E-state index in [-0.39, 0.29) is 94.7 Å². The molecule has 24 N–H and O–H groups in total. The summed E-state index contributed by atoms with van der Waals surface area (Å²) in [5.41, 5.74) is 25.8. The molecule has 2 aromatic heterocycles. The van der Waals surface area contributed by atoms with Gasteiger partial charge in [-0.1, -0.05) is 94.3 Å². The van der Waals surface area contributed by atoms with Crippen LogP contribution in [0.3, 0.4) is 0 Å². The number of hydrogen-bond acceptors (Lipinski definition) is 25. The fourth-order valence-electron chi connectivity index (χ4n) is 16.4. The number of aromatic nitrogens is 1. The molecule has 0 spiro atoms. The van der Waals surface area contributed by atoms with Crippen LogP contribution >= 0.6 is 23.1 Å². The van der Waals surface area contributed by atoms with Gasteiger partial charge >= 0.3 is 0 Å².